The maximum absolute atomic E-state index is 12.6. The van der Waals surface area contributed by atoms with Crippen LogP contribution in [0.15, 0.2) is 0 Å². The molecule has 3 unspecified atom stereocenters. The van der Waals surface area contributed by atoms with Crippen LogP contribution in [0.3, 0.4) is 0 Å². The van der Waals surface area contributed by atoms with E-state index in [4.69, 9.17) is 0 Å². The van der Waals surface area contributed by atoms with E-state index in [1.165, 1.54) is 38.5 Å². The van der Waals surface area contributed by atoms with Crippen LogP contribution < -0.4 is 0 Å². The van der Waals surface area contributed by atoms with Gasteiger partial charge in [0.25, 0.3) is 0 Å². The molecule has 2 rings (SSSR count). The van der Waals surface area contributed by atoms with Crippen LogP contribution in [0.5, 0.6) is 0 Å². The summed E-state index contributed by atoms with van der Waals surface area (Å²) in [5.74, 6) is 3.74. The van der Waals surface area contributed by atoms with Crippen LogP contribution in [0.2, 0.25) is 0 Å². The molecule has 0 radical (unpaired) electrons. The monoisotopic (exact) mass is 236 g/mol. The summed E-state index contributed by atoms with van der Waals surface area (Å²) in [7, 11) is 0. The highest BCUT2D eigenvalue weighted by Gasteiger charge is 2.35. The van der Waals surface area contributed by atoms with Gasteiger partial charge in [-0.1, -0.05) is 40.0 Å². The predicted molar refractivity (Wildman–Crippen MR) is 71.8 cm³/mol. The molecule has 2 saturated carbocycles. The normalized spacial score (nSPS) is 43.4. The molecule has 1 nitrogen and oxygen atoms in total. The highest BCUT2D eigenvalue weighted by Crippen LogP contribution is 2.38. The van der Waals surface area contributed by atoms with E-state index in [-0.39, 0.29) is 0 Å². The van der Waals surface area contributed by atoms with Gasteiger partial charge in [-0.05, 0) is 43.4 Å². The van der Waals surface area contributed by atoms with E-state index in [2.05, 4.69) is 20.8 Å². The van der Waals surface area contributed by atoms with Gasteiger partial charge in [0.2, 0.25) is 0 Å². The third-order valence-electron chi connectivity index (χ3n) is 5.22. The first-order chi connectivity index (χ1) is 8.08. The van der Waals surface area contributed by atoms with Crippen molar-refractivity contribution < 1.29 is 4.79 Å². The lowest BCUT2D eigenvalue weighted by molar-refractivity contribution is -0.131. The van der Waals surface area contributed by atoms with Crippen molar-refractivity contribution in [1.82, 2.24) is 0 Å². The number of hydrogen-bond acceptors (Lipinski definition) is 1. The van der Waals surface area contributed by atoms with Crippen molar-refractivity contribution in [3.05, 3.63) is 0 Å². The average molecular weight is 236 g/mol. The Morgan fingerprint density at radius 3 is 2.00 bits per heavy atom. The van der Waals surface area contributed by atoms with Gasteiger partial charge in [-0.2, -0.15) is 0 Å². The average Bonchev–Trinajstić information content (AvgIpc) is 2.29. The lowest BCUT2D eigenvalue weighted by Gasteiger charge is -2.35. The quantitative estimate of drug-likeness (QED) is 0.692. The minimum Gasteiger partial charge on any atom is -0.299 e. The van der Waals surface area contributed by atoms with Gasteiger partial charge in [0.15, 0.2) is 0 Å². The van der Waals surface area contributed by atoms with Crippen LogP contribution in [-0.4, -0.2) is 5.78 Å². The topological polar surface area (TPSA) is 17.1 Å². The Labute approximate surface area is 106 Å². The Balaban J connectivity index is 1.91. The SMILES string of the molecule is CC1CCC(C(=O)C2CCC(C)CC2C)CC1. The molecule has 0 N–H and O–H groups in total. The molecule has 98 valence electrons. The third kappa shape index (κ3) is 3.11. The molecule has 2 aliphatic rings. The molecule has 0 heterocycles. The second-order valence-electron chi connectivity index (χ2n) is 6.86. The van der Waals surface area contributed by atoms with E-state index < -0.39 is 0 Å². The fourth-order valence-electron chi connectivity index (χ4n) is 3.94. The summed E-state index contributed by atoms with van der Waals surface area (Å²) < 4.78 is 0. The smallest absolute Gasteiger partial charge is 0.139 e. The van der Waals surface area contributed by atoms with Gasteiger partial charge in [0.1, 0.15) is 5.78 Å². The van der Waals surface area contributed by atoms with Crippen LogP contribution in [0.4, 0.5) is 0 Å². The van der Waals surface area contributed by atoms with Gasteiger partial charge in [0.05, 0.1) is 0 Å². The predicted octanol–water partition coefficient (Wildman–Crippen LogP) is 4.45. The Hall–Kier alpha value is -0.330. The van der Waals surface area contributed by atoms with Crippen molar-refractivity contribution in [3.8, 4) is 0 Å². The zero-order valence-corrected chi connectivity index (χ0v) is 11.7. The van der Waals surface area contributed by atoms with Gasteiger partial charge >= 0.3 is 0 Å². The summed E-state index contributed by atoms with van der Waals surface area (Å²) in [5, 5.41) is 0. The number of carbonyl (C=O) groups excluding carboxylic acids is 1. The first kappa shape index (κ1) is 13.1. The third-order valence-corrected chi connectivity index (χ3v) is 5.22. The molecule has 0 bridgehead atoms. The fourth-order valence-corrected chi connectivity index (χ4v) is 3.94. The summed E-state index contributed by atoms with van der Waals surface area (Å²) >= 11 is 0. The van der Waals surface area contributed by atoms with Gasteiger partial charge in [0, 0.05) is 11.8 Å². The van der Waals surface area contributed by atoms with E-state index in [1.807, 2.05) is 0 Å². The molecular formula is C16H28O. The maximum atomic E-state index is 12.6. The molecular weight excluding hydrogens is 208 g/mol. The first-order valence-corrected chi connectivity index (χ1v) is 7.61. The number of Topliss-reactive ketones (excluding diaryl/α,β-unsaturated/α-hetero) is 1. The number of rotatable bonds is 2. The van der Waals surface area contributed by atoms with Gasteiger partial charge in [-0.15, -0.1) is 0 Å². The summed E-state index contributed by atoms with van der Waals surface area (Å²) in [6.07, 6.45) is 8.57. The van der Waals surface area contributed by atoms with Crippen molar-refractivity contribution in [2.24, 2.45) is 29.6 Å². The van der Waals surface area contributed by atoms with Gasteiger partial charge in [-0.3, -0.25) is 4.79 Å². The van der Waals surface area contributed by atoms with E-state index in [0.717, 1.165) is 18.3 Å². The molecule has 0 spiro atoms. The van der Waals surface area contributed by atoms with Crippen molar-refractivity contribution in [2.45, 2.75) is 65.7 Å². The molecule has 3 atom stereocenters. The summed E-state index contributed by atoms with van der Waals surface area (Å²) in [4.78, 5) is 12.6. The molecule has 0 saturated heterocycles. The van der Waals surface area contributed by atoms with Crippen LogP contribution in [-0.2, 0) is 4.79 Å². The largest absolute Gasteiger partial charge is 0.299 e. The fraction of sp³-hybridized carbons (Fsp3) is 0.938. The Kier molecular flexibility index (Phi) is 4.27. The highest BCUT2D eigenvalue weighted by atomic mass is 16.1. The molecule has 2 aliphatic carbocycles. The van der Waals surface area contributed by atoms with E-state index in [0.29, 0.717) is 23.5 Å². The lowest BCUT2D eigenvalue weighted by Crippen LogP contribution is -2.34. The molecule has 1 heteroatoms. The highest BCUT2D eigenvalue weighted by molar-refractivity contribution is 5.83. The zero-order valence-electron chi connectivity index (χ0n) is 11.7. The summed E-state index contributed by atoms with van der Waals surface area (Å²) in [6, 6.07) is 0. The van der Waals surface area contributed by atoms with Crippen LogP contribution in [0.25, 0.3) is 0 Å². The van der Waals surface area contributed by atoms with Gasteiger partial charge in [-0.25, -0.2) is 0 Å². The van der Waals surface area contributed by atoms with E-state index in [1.54, 1.807) is 0 Å². The van der Waals surface area contributed by atoms with E-state index in [9.17, 15) is 4.79 Å². The second-order valence-corrected chi connectivity index (χ2v) is 6.86. The molecule has 0 amide bonds. The Morgan fingerprint density at radius 2 is 1.41 bits per heavy atom. The molecule has 0 aromatic rings. The standard InChI is InChI=1S/C16H28O/c1-11-4-7-14(8-5-11)16(17)15-9-6-12(2)10-13(15)3/h11-15H,4-10H2,1-3H3. The molecule has 0 aliphatic heterocycles. The molecule has 2 fully saturated rings. The maximum Gasteiger partial charge on any atom is 0.139 e. The Morgan fingerprint density at radius 1 is 0.824 bits per heavy atom. The van der Waals surface area contributed by atoms with Crippen LogP contribution in [0.1, 0.15) is 65.7 Å². The summed E-state index contributed by atoms with van der Waals surface area (Å²) in [6.45, 7) is 6.95. The molecule has 0 aromatic carbocycles. The Bertz CT molecular complexity index is 263. The van der Waals surface area contributed by atoms with E-state index >= 15 is 0 Å². The number of carbonyl (C=O) groups is 1. The van der Waals surface area contributed by atoms with Crippen molar-refractivity contribution >= 4 is 5.78 Å². The molecule has 0 aromatic heterocycles. The van der Waals surface area contributed by atoms with Crippen molar-refractivity contribution in [2.75, 3.05) is 0 Å². The second kappa shape index (κ2) is 5.54. The first-order valence-electron chi connectivity index (χ1n) is 7.61. The van der Waals surface area contributed by atoms with Crippen molar-refractivity contribution in [1.29, 1.82) is 0 Å². The van der Waals surface area contributed by atoms with Crippen LogP contribution in [0, 0.1) is 29.6 Å². The zero-order chi connectivity index (χ0) is 12.4. The lowest BCUT2D eigenvalue weighted by atomic mass is 9.69. The minimum atomic E-state index is 0.393. The molecule has 17 heavy (non-hydrogen) atoms. The summed E-state index contributed by atoms with van der Waals surface area (Å²) in [5.41, 5.74) is 0. The van der Waals surface area contributed by atoms with Gasteiger partial charge < -0.3 is 0 Å². The van der Waals surface area contributed by atoms with Crippen molar-refractivity contribution in [3.63, 3.8) is 0 Å². The number of ketones is 1. The number of hydrogen-bond donors (Lipinski definition) is 0. The minimum absolute atomic E-state index is 0.393. The van der Waals surface area contributed by atoms with Crippen LogP contribution >= 0.6 is 0 Å².